The highest BCUT2D eigenvalue weighted by Crippen LogP contribution is 2.42. The molecule has 2 aromatic rings. The molecule has 6 heteroatoms. The summed E-state index contributed by atoms with van der Waals surface area (Å²) in [5.41, 5.74) is 2.09. The van der Waals surface area contributed by atoms with Gasteiger partial charge in [-0.05, 0) is 49.2 Å². The molecule has 148 valence electrons. The summed E-state index contributed by atoms with van der Waals surface area (Å²) in [6, 6.07) is 13.6. The van der Waals surface area contributed by atoms with E-state index in [0.717, 1.165) is 35.5 Å². The number of rotatable bonds is 6. The van der Waals surface area contributed by atoms with Gasteiger partial charge >= 0.3 is 5.97 Å². The van der Waals surface area contributed by atoms with Gasteiger partial charge in [-0.25, -0.2) is 0 Å². The molecule has 2 aromatic carbocycles. The quantitative estimate of drug-likeness (QED) is 0.827. The maximum Gasteiger partial charge on any atom is 0.308 e. The summed E-state index contributed by atoms with van der Waals surface area (Å²) in [6.45, 7) is 0.917. The van der Waals surface area contributed by atoms with E-state index in [-0.39, 0.29) is 18.8 Å². The molecule has 3 atom stereocenters. The van der Waals surface area contributed by atoms with Gasteiger partial charge < -0.3 is 24.2 Å². The van der Waals surface area contributed by atoms with Gasteiger partial charge in [0.15, 0.2) is 11.5 Å². The first-order valence-corrected chi connectivity index (χ1v) is 9.53. The Hall–Kier alpha value is -2.73. The van der Waals surface area contributed by atoms with E-state index in [9.17, 15) is 9.90 Å². The van der Waals surface area contributed by atoms with E-state index in [1.807, 2.05) is 49.5 Å². The number of likely N-dealkylation sites (N-methyl/N-ethyl adjacent to an activating group) is 1. The molecule has 4 rings (SSSR count). The Labute approximate surface area is 164 Å². The van der Waals surface area contributed by atoms with E-state index in [1.165, 1.54) is 0 Å². The summed E-state index contributed by atoms with van der Waals surface area (Å²) >= 11 is 0. The number of likely N-dealkylation sites (tertiary alicyclic amines) is 1. The third-order valence-electron chi connectivity index (χ3n) is 5.91. The van der Waals surface area contributed by atoms with Crippen LogP contribution in [0.4, 0.5) is 0 Å². The van der Waals surface area contributed by atoms with Crippen LogP contribution in [0.5, 0.6) is 17.2 Å². The van der Waals surface area contributed by atoms with Gasteiger partial charge in [0, 0.05) is 18.5 Å². The first-order chi connectivity index (χ1) is 13.6. The van der Waals surface area contributed by atoms with Gasteiger partial charge in [0.1, 0.15) is 5.75 Å². The second-order valence-electron chi connectivity index (χ2n) is 7.44. The number of aryl methyl sites for hydroxylation is 1. The number of carbonyl (C=O) groups is 1. The first kappa shape index (κ1) is 18.6. The van der Waals surface area contributed by atoms with E-state index in [0.29, 0.717) is 12.3 Å². The maximum absolute atomic E-state index is 12.2. The lowest BCUT2D eigenvalue weighted by Gasteiger charge is -2.24. The molecule has 2 aliphatic heterocycles. The Morgan fingerprint density at radius 2 is 2.00 bits per heavy atom. The minimum absolute atomic E-state index is 0.0437. The molecular formula is C22H25NO5. The van der Waals surface area contributed by atoms with Gasteiger partial charge in [-0.3, -0.25) is 4.79 Å². The lowest BCUT2D eigenvalue weighted by molar-refractivity contribution is -0.143. The molecule has 0 bridgehead atoms. The highest BCUT2D eigenvalue weighted by atomic mass is 16.7. The van der Waals surface area contributed by atoms with Crippen LogP contribution < -0.4 is 14.2 Å². The van der Waals surface area contributed by atoms with Crippen molar-refractivity contribution in [2.24, 2.45) is 5.92 Å². The molecule has 1 fully saturated rings. The Bertz CT molecular complexity index is 868. The Balaban J connectivity index is 1.55. The SMILES string of the molecule is COc1ccccc1CCC1C(C(=O)O)C(c2ccc3c(c2)OCO3)CN1C. The van der Waals surface area contributed by atoms with Crippen molar-refractivity contribution < 1.29 is 24.1 Å². The topological polar surface area (TPSA) is 68.2 Å². The number of hydrogen-bond acceptors (Lipinski definition) is 5. The number of benzene rings is 2. The van der Waals surface area contributed by atoms with E-state index in [2.05, 4.69) is 4.90 Å². The summed E-state index contributed by atoms with van der Waals surface area (Å²) < 4.78 is 16.3. The molecule has 0 saturated carbocycles. The van der Waals surface area contributed by atoms with Crippen LogP contribution >= 0.6 is 0 Å². The zero-order valence-corrected chi connectivity index (χ0v) is 16.1. The van der Waals surface area contributed by atoms with Crippen LogP contribution in [0, 0.1) is 5.92 Å². The number of carboxylic acid groups (broad SMARTS) is 1. The monoisotopic (exact) mass is 383 g/mol. The van der Waals surface area contributed by atoms with Crippen molar-refractivity contribution in [3.63, 3.8) is 0 Å². The fourth-order valence-corrected chi connectivity index (χ4v) is 4.51. The van der Waals surface area contributed by atoms with Crippen LogP contribution in [0.2, 0.25) is 0 Å². The number of para-hydroxylation sites is 1. The number of fused-ring (bicyclic) bond motifs is 1. The van der Waals surface area contributed by atoms with Gasteiger partial charge in [-0.2, -0.15) is 0 Å². The molecule has 0 radical (unpaired) electrons. The predicted octanol–water partition coefficient (Wildman–Crippen LogP) is 3.16. The zero-order chi connectivity index (χ0) is 19.7. The third-order valence-corrected chi connectivity index (χ3v) is 5.91. The molecule has 28 heavy (non-hydrogen) atoms. The predicted molar refractivity (Wildman–Crippen MR) is 104 cm³/mol. The van der Waals surface area contributed by atoms with Crippen molar-refractivity contribution in [2.45, 2.75) is 24.8 Å². The van der Waals surface area contributed by atoms with Crippen LogP contribution in [0.3, 0.4) is 0 Å². The zero-order valence-electron chi connectivity index (χ0n) is 16.1. The second kappa shape index (κ2) is 7.72. The van der Waals surface area contributed by atoms with Crippen LogP contribution in [-0.2, 0) is 11.2 Å². The normalized spacial score (nSPS) is 23.7. The van der Waals surface area contributed by atoms with Crippen LogP contribution in [0.15, 0.2) is 42.5 Å². The summed E-state index contributed by atoms with van der Waals surface area (Å²) in [5, 5.41) is 10.0. The van der Waals surface area contributed by atoms with Crippen molar-refractivity contribution in [3.8, 4) is 17.2 Å². The highest BCUT2D eigenvalue weighted by molar-refractivity contribution is 5.73. The third kappa shape index (κ3) is 3.40. The summed E-state index contributed by atoms with van der Waals surface area (Å²) in [6.07, 6.45) is 1.53. The number of carboxylic acids is 1. The van der Waals surface area contributed by atoms with E-state index < -0.39 is 11.9 Å². The Morgan fingerprint density at radius 3 is 2.79 bits per heavy atom. The van der Waals surface area contributed by atoms with E-state index in [1.54, 1.807) is 7.11 Å². The molecule has 2 heterocycles. The lowest BCUT2D eigenvalue weighted by Crippen LogP contribution is -2.34. The van der Waals surface area contributed by atoms with Gasteiger partial charge in [0.05, 0.1) is 13.0 Å². The molecule has 6 nitrogen and oxygen atoms in total. The first-order valence-electron chi connectivity index (χ1n) is 9.53. The van der Waals surface area contributed by atoms with Crippen molar-refractivity contribution in [1.82, 2.24) is 4.90 Å². The number of ether oxygens (including phenoxy) is 3. The summed E-state index contributed by atoms with van der Waals surface area (Å²) in [7, 11) is 3.67. The molecule has 0 amide bonds. The smallest absolute Gasteiger partial charge is 0.308 e. The molecule has 2 aliphatic rings. The molecule has 1 saturated heterocycles. The number of methoxy groups -OCH3 is 1. The number of nitrogens with zero attached hydrogens (tertiary/aromatic N) is 1. The largest absolute Gasteiger partial charge is 0.496 e. The Kier molecular flexibility index (Phi) is 5.13. The van der Waals surface area contributed by atoms with Crippen molar-refractivity contribution in [3.05, 3.63) is 53.6 Å². The number of hydrogen-bond donors (Lipinski definition) is 1. The van der Waals surface area contributed by atoms with Gasteiger partial charge in [0.2, 0.25) is 6.79 Å². The minimum atomic E-state index is -0.753. The van der Waals surface area contributed by atoms with Gasteiger partial charge in [-0.15, -0.1) is 0 Å². The lowest BCUT2D eigenvalue weighted by atomic mass is 9.83. The average Bonchev–Trinajstić information content (AvgIpc) is 3.30. The minimum Gasteiger partial charge on any atom is -0.496 e. The molecule has 3 unspecified atom stereocenters. The van der Waals surface area contributed by atoms with Gasteiger partial charge in [0.25, 0.3) is 0 Å². The van der Waals surface area contributed by atoms with Gasteiger partial charge in [-0.1, -0.05) is 24.3 Å². The molecule has 0 aromatic heterocycles. The van der Waals surface area contributed by atoms with Crippen LogP contribution in [0.1, 0.15) is 23.5 Å². The molecule has 1 N–H and O–H groups in total. The number of aliphatic carboxylic acids is 1. The summed E-state index contributed by atoms with van der Waals surface area (Å²) in [5.74, 6) is 0.954. The fourth-order valence-electron chi connectivity index (χ4n) is 4.51. The highest BCUT2D eigenvalue weighted by Gasteiger charge is 2.45. The van der Waals surface area contributed by atoms with E-state index >= 15 is 0 Å². The van der Waals surface area contributed by atoms with Crippen molar-refractivity contribution in [2.75, 3.05) is 27.5 Å². The fraction of sp³-hybridized carbons (Fsp3) is 0.409. The summed E-state index contributed by atoms with van der Waals surface area (Å²) in [4.78, 5) is 14.4. The average molecular weight is 383 g/mol. The van der Waals surface area contributed by atoms with Crippen LogP contribution in [0.25, 0.3) is 0 Å². The second-order valence-corrected chi connectivity index (χ2v) is 7.44. The molecule has 0 spiro atoms. The van der Waals surface area contributed by atoms with Crippen molar-refractivity contribution in [1.29, 1.82) is 0 Å². The maximum atomic E-state index is 12.2. The van der Waals surface area contributed by atoms with Crippen molar-refractivity contribution >= 4 is 5.97 Å². The van der Waals surface area contributed by atoms with Crippen LogP contribution in [-0.4, -0.2) is 49.5 Å². The standard InChI is InChI=1S/C22H25NO5/c1-23-12-16(15-8-10-19-20(11-15)28-13-27-19)21(22(24)25)17(23)9-7-14-5-3-4-6-18(14)26-2/h3-6,8,10-11,16-17,21H,7,9,12-13H2,1-2H3,(H,24,25). The molecule has 0 aliphatic carbocycles. The Morgan fingerprint density at radius 1 is 1.21 bits per heavy atom. The van der Waals surface area contributed by atoms with E-state index in [4.69, 9.17) is 14.2 Å². The molecular weight excluding hydrogens is 358 g/mol.